The molecule has 0 heteroatoms. The number of hydrogen-bond acceptors (Lipinski definition) is 0. The lowest BCUT2D eigenvalue weighted by Gasteiger charge is -2.25. The largest absolute Gasteiger partial charge is 0.0951 e. The van der Waals surface area contributed by atoms with Gasteiger partial charge in [-0.1, -0.05) is 88.2 Å². The number of allylic oxidation sites excluding steroid dienone is 2. The summed E-state index contributed by atoms with van der Waals surface area (Å²) in [7, 11) is 0. The molecule has 0 nitrogen and oxygen atoms in total. The molecule has 0 N–H and O–H groups in total. The van der Waals surface area contributed by atoms with Crippen molar-refractivity contribution in [3.05, 3.63) is 47.5 Å². The van der Waals surface area contributed by atoms with Gasteiger partial charge in [-0.2, -0.15) is 0 Å². The van der Waals surface area contributed by atoms with Crippen LogP contribution in [0.15, 0.2) is 36.4 Å². The Kier molecular flexibility index (Phi) is 11.3. The van der Waals surface area contributed by atoms with Crippen LogP contribution in [-0.4, -0.2) is 0 Å². The summed E-state index contributed by atoms with van der Waals surface area (Å²) in [5.41, 5.74) is 2.51. The normalized spacial score (nSPS) is 18.9. The smallest absolute Gasteiger partial charge is 0.0249 e. The van der Waals surface area contributed by atoms with E-state index in [1.807, 2.05) is 12.2 Å². The highest BCUT2D eigenvalue weighted by molar-refractivity contribution is 5.39. The van der Waals surface area contributed by atoms with E-state index in [9.17, 15) is 0 Å². The molecule has 0 spiro atoms. The van der Waals surface area contributed by atoms with E-state index in [2.05, 4.69) is 61.8 Å². The minimum absolute atomic E-state index is 0.598. The van der Waals surface area contributed by atoms with E-state index in [0.29, 0.717) is 5.92 Å². The molecule has 1 aliphatic carbocycles. The summed E-state index contributed by atoms with van der Waals surface area (Å²) in [6.45, 7) is 4.55. The van der Waals surface area contributed by atoms with Crippen LogP contribution in [0.25, 0.3) is 0 Å². The van der Waals surface area contributed by atoms with Gasteiger partial charge in [-0.3, -0.25) is 0 Å². The van der Waals surface area contributed by atoms with Crippen LogP contribution in [0.3, 0.4) is 0 Å². The SMILES string of the molecule is CCCCCCc1ccc(C#C/C=C/C#C[C@H]2CC[C@H](CCCC)CC2)cc1. The van der Waals surface area contributed by atoms with E-state index in [1.165, 1.54) is 82.6 Å². The zero-order chi connectivity index (χ0) is 19.9. The summed E-state index contributed by atoms with van der Waals surface area (Å²) in [6, 6.07) is 8.71. The Bertz CT molecular complexity index is 676. The molecule has 0 unspecified atom stereocenters. The van der Waals surface area contributed by atoms with Crippen LogP contribution in [0, 0.1) is 35.5 Å². The first-order valence-electron chi connectivity index (χ1n) is 11.6. The summed E-state index contributed by atoms with van der Waals surface area (Å²) in [5.74, 6) is 14.5. The molecule has 0 amide bonds. The second-order valence-electron chi connectivity index (χ2n) is 8.26. The van der Waals surface area contributed by atoms with Crippen molar-refractivity contribution in [2.24, 2.45) is 11.8 Å². The zero-order valence-corrected chi connectivity index (χ0v) is 18.1. The van der Waals surface area contributed by atoms with Crippen molar-refractivity contribution >= 4 is 0 Å². The lowest BCUT2D eigenvalue weighted by Crippen LogP contribution is -2.13. The predicted molar refractivity (Wildman–Crippen MR) is 123 cm³/mol. The summed E-state index contributed by atoms with van der Waals surface area (Å²) in [4.78, 5) is 0. The predicted octanol–water partition coefficient (Wildman–Crippen LogP) is 7.72. The average Bonchev–Trinajstić information content (AvgIpc) is 2.74. The van der Waals surface area contributed by atoms with Crippen LogP contribution in [-0.2, 0) is 6.42 Å². The molecule has 0 radical (unpaired) electrons. The van der Waals surface area contributed by atoms with Crippen molar-refractivity contribution in [2.75, 3.05) is 0 Å². The molecule has 0 aromatic heterocycles. The monoisotopic (exact) mass is 374 g/mol. The molecular formula is C28H38. The molecule has 2 rings (SSSR count). The first-order chi connectivity index (χ1) is 13.8. The van der Waals surface area contributed by atoms with Gasteiger partial charge in [-0.05, 0) is 74.3 Å². The van der Waals surface area contributed by atoms with Crippen molar-refractivity contribution in [2.45, 2.75) is 90.9 Å². The summed E-state index contributed by atoms with van der Waals surface area (Å²) >= 11 is 0. The number of aryl methyl sites for hydroxylation is 1. The van der Waals surface area contributed by atoms with Crippen molar-refractivity contribution in [3.8, 4) is 23.7 Å². The minimum atomic E-state index is 0.598. The second kappa shape index (κ2) is 14.1. The third-order valence-corrected chi connectivity index (χ3v) is 5.84. The molecule has 1 saturated carbocycles. The fraction of sp³-hybridized carbons (Fsp3) is 0.571. The van der Waals surface area contributed by atoms with E-state index >= 15 is 0 Å². The molecule has 0 atom stereocenters. The van der Waals surface area contributed by atoms with Gasteiger partial charge in [0, 0.05) is 11.5 Å². The number of rotatable bonds is 8. The average molecular weight is 375 g/mol. The molecule has 150 valence electrons. The summed E-state index contributed by atoms with van der Waals surface area (Å²) in [6.07, 6.45) is 19.7. The van der Waals surface area contributed by atoms with Crippen LogP contribution in [0.4, 0.5) is 0 Å². The van der Waals surface area contributed by atoms with E-state index in [-0.39, 0.29) is 0 Å². The van der Waals surface area contributed by atoms with E-state index in [4.69, 9.17) is 0 Å². The minimum Gasteiger partial charge on any atom is -0.0951 e. The Labute approximate surface area is 174 Å². The Morgan fingerprint density at radius 1 is 0.821 bits per heavy atom. The summed E-state index contributed by atoms with van der Waals surface area (Å²) in [5, 5.41) is 0. The lowest BCUT2D eigenvalue weighted by molar-refractivity contribution is 0.296. The highest BCUT2D eigenvalue weighted by atomic mass is 14.2. The summed E-state index contributed by atoms with van der Waals surface area (Å²) < 4.78 is 0. The molecule has 0 heterocycles. The fourth-order valence-electron chi connectivity index (χ4n) is 3.97. The van der Waals surface area contributed by atoms with E-state index in [0.717, 1.165) is 11.5 Å². The Balaban J connectivity index is 1.69. The molecule has 1 aromatic rings. The number of benzene rings is 1. The third-order valence-electron chi connectivity index (χ3n) is 5.84. The van der Waals surface area contributed by atoms with Gasteiger partial charge in [-0.15, -0.1) is 0 Å². The Morgan fingerprint density at radius 3 is 2.25 bits per heavy atom. The van der Waals surface area contributed by atoms with Crippen LogP contribution in [0.2, 0.25) is 0 Å². The maximum absolute atomic E-state index is 3.43. The standard InChI is InChI=1S/C28H38/c1-3-5-7-10-14-26-21-23-28(24-22-26)16-12-9-8-11-15-27-19-17-25(18-20-27)13-6-4-2/h8-9,21-25,27H,3-7,10,13-14,17-20H2,1-2H3/b9-8+/t25-,27-. The first-order valence-corrected chi connectivity index (χ1v) is 11.6. The molecule has 28 heavy (non-hydrogen) atoms. The maximum atomic E-state index is 3.43. The molecule has 0 bridgehead atoms. The van der Waals surface area contributed by atoms with Crippen molar-refractivity contribution in [3.63, 3.8) is 0 Å². The van der Waals surface area contributed by atoms with Crippen molar-refractivity contribution in [1.29, 1.82) is 0 Å². The number of hydrogen-bond donors (Lipinski definition) is 0. The second-order valence-corrected chi connectivity index (χ2v) is 8.26. The number of unbranched alkanes of at least 4 members (excludes halogenated alkanes) is 4. The van der Waals surface area contributed by atoms with Gasteiger partial charge in [0.05, 0.1) is 0 Å². The van der Waals surface area contributed by atoms with Crippen LogP contribution >= 0.6 is 0 Å². The van der Waals surface area contributed by atoms with Gasteiger partial charge in [0.25, 0.3) is 0 Å². The van der Waals surface area contributed by atoms with Crippen LogP contribution < -0.4 is 0 Å². The maximum Gasteiger partial charge on any atom is 0.0249 e. The van der Waals surface area contributed by atoms with Gasteiger partial charge in [0.1, 0.15) is 0 Å². The molecule has 1 aromatic carbocycles. The topological polar surface area (TPSA) is 0 Å². The first kappa shape index (κ1) is 22.4. The highest BCUT2D eigenvalue weighted by Gasteiger charge is 2.18. The molecular weight excluding hydrogens is 336 g/mol. The highest BCUT2D eigenvalue weighted by Crippen LogP contribution is 2.31. The third kappa shape index (κ3) is 9.33. The van der Waals surface area contributed by atoms with Crippen molar-refractivity contribution in [1.82, 2.24) is 0 Å². The zero-order valence-electron chi connectivity index (χ0n) is 18.1. The van der Waals surface area contributed by atoms with Gasteiger partial charge < -0.3 is 0 Å². The van der Waals surface area contributed by atoms with E-state index < -0.39 is 0 Å². The molecule has 1 aliphatic rings. The van der Waals surface area contributed by atoms with Gasteiger partial charge >= 0.3 is 0 Å². The molecule has 1 fully saturated rings. The molecule has 0 saturated heterocycles. The van der Waals surface area contributed by atoms with Gasteiger partial charge in [0.15, 0.2) is 0 Å². The fourth-order valence-corrected chi connectivity index (χ4v) is 3.97. The Morgan fingerprint density at radius 2 is 1.54 bits per heavy atom. The lowest BCUT2D eigenvalue weighted by atomic mass is 9.80. The van der Waals surface area contributed by atoms with Crippen molar-refractivity contribution < 1.29 is 0 Å². The Hall–Kier alpha value is -1.92. The van der Waals surface area contributed by atoms with Gasteiger partial charge in [-0.25, -0.2) is 0 Å². The van der Waals surface area contributed by atoms with Crippen LogP contribution in [0.1, 0.15) is 95.6 Å². The molecule has 0 aliphatic heterocycles. The van der Waals surface area contributed by atoms with Crippen LogP contribution in [0.5, 0.6) is 0 Å². The van der Waals surface area contributed by atoms with E-state index in [1.54, 1.807) is 0 Å². The quantitative estimate of drug-likeness (QED) is 0.323. The van der Waals surface area contributed by atoms with Gasteiger partial charge in [0.2, 0.25) is 0 Å².